The zero-order valence-electron chi connectivity index (χ0n) is 12.3. The number of unbranched alkanes of at least 4 members (excludes halogenated alkanes) is 2. The molecule has 6 nitrogen and oxygen atoms in total. The molecule has 1 saturated heterocycles. The minimum atomic E-state index is -4.45. The number of hydrogen-bond acceptors (Lipinski definition) is 5. The summed E-state index contributed by atoms with van der Waals surface area (Å²) in [5.74, 6) is 0.332. The molecule has 0 aromatic carbocycles. The fraction of sp³-hybridized carbons (Fsp3) is 1.00. The van der Waals surface area contributed by atoms with E-state index in [1.54, 1.807) is 0 Å². The van der Waals surface area contributed by atoms with Crippen LogP contribution in [0.2, 0.25) is 0 Å². The van der Waals surface area contributed by atoms with E-state index in [0.29, 0.717) is 5.92 Å². The minimum Gasteiger partial charge on any atom is -0.350 e. The van der Waals surface area contributed by atoms with Crippen LogP contribution in [0.15, 0.2) is 0 Å². The second-order valence-corrected chi connectivity index (χ2v) is 6.27. The Morgan fingerprint density at radius 2 is 1.80 bits per heavy atom. The lowest BCUT2D eigenvalue weighted by Gasteiger charge is -2.33. The third-order valence-corrected chi connectivity index (χ3v) is 3.89. The van der Waals surface area contributed by atoms with Crippen LogP contribution < -0.4 is 0 Å². The van der Waals surface area contributed by atoms with Gasteiger partial charge in [0.15, 0.2) is 6.29 Å². The van der Waals surface area contributed by atoms with E-state index >= 15 is 0 Å². The second-order valence-electron chi connectivity index (χ2n) is 5.23. The third-order valence-electron chi connectivity index (χ3n) is 3.37. The molecule has 0 aromatic rings. The van der Waals surface area contributed by atoms with Crippen molar-refractivity contribution in [1.82, 2.24) is 0 Å². The molecule has 0 radical (unpaired) electrons. The molecular weight excluding hydrogens is 284 g/mol. The van der Waals surface area contributed by atoms with Gasteiger partial charge in [-0.1, -0.05) is 39.5 Å². The molecule has 1 atom stereocenters. The zero-order valence-corrected chi connectivity index (χ0v) is 13.1. The molecule has 0 bridgehead atoms. The highest BCUT2D eigenvalue weighted by molar-refractivity contribution is 7.80. The van der Waals surface area contributed by atoms with E-state index in [2.05, 4.69) is 18.0 Å². The van der Waals surface area contributed by atoms with Crippen molar-refractivity contribution in [3.8, 4) is 0 Å². The Bertz CT molecular complexity index is 348. The van der Waals surface area contributed by atoms with Crippen molar-refractivity contribution in [2.75, 3.05) is 13.2 Å². The second kappa shape index (κ2) is 8.94. The molecule has 1 aliphatic rings. The highest BCUT2D eigenvalue weighted by Crippen LogP contribution is 2.25. The van der Waals surface area contributed by atoms with Crippen molar-refractivity contribution >= 4 is 10.4 Å². The van der Waals surface area contributed by atoms with Crippen LogP contribution in [0, 0.1) is 5.92 Å². The van der Waals surface area contributed by atoms with Crippen molar-refractivity contribution in [2.24, 2.45) is 5.92 Å². The fourth-order valence-corrected chi connectivity index (χ4v) is 2.90. The average molecular weight is 310 g/mol. The first-order chi connectivity index (χ1) is 9.46. The first kappa shape index (κ1) is 17.8. The van der Waals surface area contributed by atoms with Gasteiger partial charge in [0.05, 0.1) is 13.2 Å². The van der Waals surface area contributed by atoms with Gasteiger partial charge in [0.1, 0.15) is 6.10 Å². The van der Waals surface area contributed by atoms with Gasteiger partial charge in [-0.2, -0.15) is 8.42 Å². The first-order valence-corrected chi connectivity index (χ1v) is 8.71. The van der Waals surface area contributed by atoms with Gasteiger partial charge in [-0.15, -0.1) is 0 Å². The molecular formula is C13H26O6S. The number of rotatable bonds is 9. The van der Waals surface area contributed by atoms with Crippen molar-refractivity contribution in [2.45, 2.75) is 64.8 Å². The summed E-state index contributed by atoms with van der Waals surface area (Å²) in [6.07, 6.45) is 5.60. The Kier molecular flexibility index (Phi) is 7.98. The predicted molar refractivity (Wildman–Crippen MR) is 74.7 cm³/mol. The van der Waals surface area contributed by atoms with E-state index in [0.717, 1.165) is 25.7 Å². The molecule has 1 heterocycles. The molecule has 0 amide bonds. The standard InChI is InChI=1S/C13H26O6S/c1-3-5-6-8-11(7-4-2)13-17-9-12(10-18-13)19-20(14,15)16/h11-13H,3-10H2,1-2H3,(H,14,15,16). The molecule has 1 N–H and O–H groups in total. The van der Waals surface area contributed by atoms with Gasteiger partial charge in [0.25, 0.3) is 0 Å². The zero-order chi connectivity index (χ0) is 15.0. The molecule has 1 fully saturated rings. The Balaban J connectivity index is 2.39. The molecule has 0 saturated carbocycles. The monoisotopic (exact) mass is 310 g/mol. The largest absolute Gasteiger partial charge is 0.397 e. The van der Waals surface area contributed by atoms with Crippen molar-refractivity contribution in [1.29, 1.82) is 0 Å². The molecule has 7 heteroatoms. The quantitative estimate of drug-likeness (QED) is 0.520. The minimum absolute atomic E-state index is 0.123. The van der Waals surface area contributed by atoms with Crippen LogP contribution >= 0.6 is 0 Å². The summed E-state index contributed by atoms with van der Waals surface area (Å²) >= 11 is 0. The molecule has 20 heavy (non-hydrogen) atoms. The molecule has 0 aromatic heterocycles. The summed E-state index contributed by atoms with van der Waals surface area (Å²) in [6, 6.07) is 0. The van der Waals surface area contributed by atoms with Gasteiger partial charge in [-0.25, -0.2) is 4.18 Å². The molecule has 120 valence electrons. The maximum atomic E-state index is 10.6. The van der Waals surface area contributed by atoms with E-state index in [1.165, 1.54) is 12.8 Å². The molecule has 0 spiro atoms. The molecule has 0 aliphatic carbocycles. The summed E-state index contributed by atoms with van der Waals surface area (Å²) < 4.78 is 45.4. The smallest absolute Gasteiger partial charge is 0.350 e. The fourth-order valence-electron chi connectivity index (χ4n) is 2.44. The van der Waals surface area contributed by atoms with E-state index in [4.69, 9.17) is 14.0 Å². The predicted octanol–water partition coefficient (Wildman–Crippen LogP) is 2.54. The van der Waals surface area contributed by atoms with Crippen molar-refractivity contribution in [3.63, 3.8) is 0 Å². The number of hydrogen-bond donors (Lipinski definition) is 1. The van der Waals surface area contributed by atoms with Crippen LogP contribution in [-0.2, 0) is 24.1 Å². The summed E-state index contributed by atoms with van der Waals surface area (Å²) in [6.45, 7) is 4.54. The maximum Gasteiger partial charge on any atom is 0.397 e. The van der Waals surface area contributed by atoms with E-state index in [1.807, 2.05) is 0 Å². The lowest BCUT2D eigenvalue weighted by molar-refractivity contribution is -0.235. The van der Waals surface area contributed by atoms with Crippen molar-refractivity contribution in [3.05, 3.63) is 0 Å². The Morgan fingerprint density at radius 3 is 2.30 bits per heavy atom. The normalized spacial score (nSPS) is 25.6. The average Bonchev–Trinajstić information content (AvgIpc) is 2.37. The Hall–Kier alpha value is -0.210. The summed E-state index contributed by atoms with van der Waals surface area (Å²) in [5, 5.41) is 0. The lowest BCUT2D eigenvalue weighted by Crippen LogP contribution is -2.41. The van der Waals surface area contributed by atoms with Gasteiger partial charge in [-0.3, -0.25) is 4.55 Å². The van der Waals surface area contributed by atoms with Gasteiger partial charge < -0.3 is 9.47 Å². The third kappa shape index (κ3) is 6.99. The Morgan fingerprint density at radius 1 is 1.15 bits per heavy atom. The first-order valence-electron chi connectivity index (χ1n) is 7.35. The highest BCUT2D eigenvalue weighted by atomic mass is 32.3. The molecule has 1 rings (SSSR count). The van der Waals surface area contributed by atoms with Crippen LogP contribution in [0.5, 0.6) is 0 Å². The van der Waals surface area contributed by atoms with Gasteiger partial charge >= 0.3 is 10.4 Å². The van der Waals surface area contributed by atoms with Gasteiger partial charge in [0, 0.05) is 5.92 Å². The lowest BCUT2D eigenvalue weighted by atomic mass is 9.95. The molecule has 1 aliphatic heterocycles. The van der Waals surface area contributed by atoms with Gasteiger partial charge in [-0.05, 0) is 12.8 Å². The summed E-state index contributed by atoms with van der Waals surface area (Å²) in [7, 11) is -4.45. The van der Waals surface area contributed by atoms with Crippen LogP contribution in [0.25, 0.3) is 0 Å². The Labute approximate surface area is 121 Å². The van der Waals surface area contributed by atoms with E-state index in [9.17, 15) is 8.42 Å². The number of ether oxygens (including phenoxy) is 2. The SMILES string of the molecule is CCCCCC(CCC)C1OCC(OS(=O)(=O)O)CO1. The topological polar surface area (TPSA) is 82.1 Å². The van der Waals surface area contributed by atoms with Crippen molar-refractivity contribution < 1.29 is 26.6 Å². The van der Waals surface area contributed by atoms with E-state index < -0.39 is 16.5 Å². The van der Waals surface area contributed by atoms with Crippen LogP contribution in [0.4, 0.5) is 0 Å². The highest BCUT2D eigenvalue weighted by Gasteiger charge is 2.30. The van der Waals surface area contributed by atoms with Crippen LogP contribution in [0.3, 0.4) is 0 Å². The van der Waals surface area contributed by atoms with E-state index in [-0.39, 0.29) is 19.5 Å². The van der Waals surface area contributed by atoms with Gasteiger partial charge in [0.2, 0.25) is 0 Å². The maximum absolute atomic E-state index is 10.6. The molecule has 1 unspecified atom stereocenters. The summed E-state index contributed by atoms with van der Waals surface area (Å²) in [5.41, 5.74) is 0. The van der Waals surface area contributed by atoms with Crippen LogP contribution in [0.1, 0.15) is 52.4 Å². The van der Waals surface area contributed by atoms with Crippen LogP contribution in [-0.4, -0.2) is 38.6 Å². The summed E-state index contributed by atoms with van der Waals surface area (Å²) in [4.78, 5) is 0.